The lowest BCUT2D eigenvalue weighted by atomic mass is 10.2. The molecule has 0 aliphatic carbocycles. The number of rotatable bonds is 4. The highest BCUT2D eigenvalue weighted by Crippen LogP contribution is 2.28. The summed E-state index contributed by atoms with van der Waals surface area (Å²) >= 11 is 0. The smallest absolute Gasteiger partial charge is 0.241 e. The van der Waals surface area contributed by atoms with Crippen LogP contribution < -0.4 is 15.8 Å². The van der Waals surface area contributed by atoms with Crippen molar-refractivity contribution in [3.8, 4) is 0 Å². The molecule has 0 fully saturated rings. The Labute approximate surface area is 112 Å². The molecule has 0 saturated heterocycles. The molecular weight excluding hydrogens is 268 g/mol. The van der Waals surface area contributed by atoms with Crippen LogP contribution in [0.25, 0.3) is 0 Å². The Morgan fingerprint density at radius 1 is 1.26 bits per heavy atom. The van der Waals surface area contributed by atoms with Crippen molar-refractivity contribution in [2.24, 2.45) is 5.14 Å². The molecule has 1 aromatic carbocycles. The molecule has 0 aromatic heterocycles. The number of hydrogen-bond acceptors (Lipinski definition) is 5. The van der Waals surface area contributed by atoms with E-state index in [1.807, 2.05) is 0 Å². The van der Waals surface area contributed by atoms with Gasteiger partial charge in [-0.05, 0) is 12.1 Å². The van der Waals surface area contributed by atoms with Crippen molar-refractivity contribution in [3.05, 3.63) is 18.2 Å². The number of carbonyl (C=O) groups excluding carboxylic acids is 1. The molecule has 0 heterocycles. The van der Waals surface area contributed by atoms with Gasteiger partial charge in [-0.2, -0.15) is 0 Å². The van der Waals surface area contributed by atoms with Crippen LogP contribution in [0.1, 0.15) is 0 Å². The number of anilines is 2. The number of likely N-dealkylation sites (N-methyl/N-ethyl adjacent to an activating group) is 2. The van der Waals surface area contributed by atoms with E-state index in [4.69, 9.17) is 10.9 Å². The van der Waals surface area contributed by atoms with Crippen LogP contribution in [0.4, 0.5) is 11.4 Å². The Morgan fingerprint density at radius 3 is 2.32 bits per heavy atom. The zero-order valence-corrected chi connectivity index (χ0v) is 11.9. The first-order chi connectivity index (χ1) is 8.64. The Balaban J connectivity index is 3.12. The minimum Gasteiger partial charge on any atom is -0.396 e. The number of nitrogens with zero attached hydrogens (tertiary/aromatic N) is 2. The maximum absolute atomic E-state index is 11.6. The number of primary sulfonamides is 1. The van der Waals surface area contributed by atoms with Gasteiger partial charge in [-0.3, -0.25) is 4.79 Å². The van der Waals surface area contributed by atoms with Crippen LogP contribution in [0.3, 0.4) is 0 Å². The van der Waals surface area contributed by atoms with Crippen molar-refractivity contribution in [3.63, 3.8) is 0 Å². The Morgan fingerprint density at radius 2 is 1.84 bits per heavy atom. The van der Waals surface area contributed by atoms with Crippen LogP contribution in [-0.2, 0) is 14.8 Å². The number of carbonyl (C=O) groups is 1. The lowest BCUT2D eigenvalue weighted by Gasteiger charge is -2.23. The first-order valence-electron chi connectivity index (χ1n) is 5.47. The molecule has 4 N–H and O–H groups in total. The van der Waals surface area contributed by atoms with Crippen LogP contribution >= 0.6 is 0 Å². The van der Waals surface area contributed by atoms with Gasteiger partial charge in [0.05, 0.1) is 17.9 Å². The fourth-order valence-electron chi connectivity index (χ4n) is 1.54. The number of para-hydroxylation sites is 1. The van der Waals surface area contributed by atoms with Gasteiger partial charge in [0.1, 0.15) is 4.90 Å². The number of nitrogen functional groups attached to an aromatic ring is 1. The van der Waals surface area contributed by atoms with Crippen LogP contribution in [0.5, 0.6) is 0 Å². The van der Waals surface area contributed by atoms with Crippen LogP contribution in [0.15, 0.2) is 23.1 Å². The predicted molar refractivity (Wildman–Crippen MR) is 74.2 cm³/mol. The molecule has 0 spiro atoms. The largest absolute Gasteiger partial charge is 0.396 e. The van der Waals surface area contributed by atoms with E-state index in [1.54, 1.807) is 32.1 Å². The van der Waals surface area contributed by atoms with E-state index in [2.05, 4.69) is 0 Å². The first kappa shape index (κ1) is 15.3. The Kier molecular flexibility index (Phi) is 4.38. The van der Waals surface area contributed by atoms with Gasteiger partial charge in [-0.15, -0.1) is 0 Å². The zero-order valence-electron chi connectivity index (χ0n) is 11.1. The molecule has 0 aliphatic rings. The summed E-state index contributed by atoms with van der Waals surface area (Å²) in [4.78, 5) is 14.5. The molecule has 0 bridgehead atoms. The van der Waals surface area contributed by atoms with E-state index in [1.165, 1.54) is 17.0 Å². The summed E-state index contributed by atoms with van der Waals surface area (Å²) in [5, 5.41) is 5.07. The van der Waals surface area contributed by atoms with Crippen LogP contribution in [0.2, 0.25) is 0 Å². The topological polar surface area (TPSA) is 110 Å². The summed E-state index contributed by atoms with van der Waals surface area (Å²) in [6.07, 6.45) is 0. The van der Waals surface area contributed by atoms with Crippen molar-refractivity contribution in [2.45, 2.75) is 4.90 Å². The Bertz CT molecular complexity index is 584. The van der Waals surface area contributed by atoms with Crippen molar-refractivity contribution in [2.75, 3.05) is 38.3 Å². The monoisotopic (exact) mass is 286 g/mol. The lowest BCUT2D eigenvalue weighted by Crippen LogP contribution is -2.34. The maximum atomic E-state index is 11.6. The summed E-state index contributed by atoms with van der Waals surface area (Å²) in [7, 11) is 1.05. The number of hydrogen-bond donors (Lipinski definition) is 2. The minimum absolute atomic E-state index is 0.0408. The van der Waals surface area contributed by atoms with Gasteiger partial charge in [0.15, 0.2) is 0 Å². The van der Waals surface area contributed by atoms with E-state index >= 15 is 0 Å². The van der Waals surface area contributed by atoms with Crippen molar-refractivity contribution >= 4 is 27.3 Å². The molecule has 1 aromatic rings. The predicted octanol–water partition coefficient (Wildman–Crippen LogP) is -0.559. The summed E-state index contributed by atoms with van der Waals surface area (Å²) in [5.74, 6) is -0.122. The summed E-state index contributed by atoms with van der Waals surface area (Å²) < 4.78 is 22.7. The Hall–Kier alpha value is -1.80. The third-order valence-corrected chi connectivity index (χ3v) is 3.60. The van der Waals surface area contributed by atoms with Crippen LogP contribution in [0, 0.1) is 0 Å². The molecule has 106 valence electrons. The van der Waals surface area contributed by atoms with E-state index in [0.29, 0.717) is 5.69 Å². The molecular formula is C11H18N4O3S. The normalized spacial score (nSPS) is 11.2. The van der Waals surface area contributed by atoms with E-state index in [0.717, 1.165) is 0 Å². The molecule has 0 atom stereocenters. The summed E-state index contributed by atoms with van der Waals surface area (Å²) in [6.45, 7) is 0.0886. The van der Waals surface area contributed by atoms with Gasteiger partial charge >= 0.3 is 0 Å². The molecule has 0 saturated carbocycles. The van der Waals surface area contributed by atoms with Gasteiger partial charge in [-0.1, -0.05) is 6.07 Å². The maximum Gasteiger partial charge on any atom is 0.241 e. The standard InChI is InChI=1S/C11H18N4O3S/c1-14(2)10(16)7-15(3)8-5-4-6-9(11(8)12)19(13,17)18/h4-6H,7,12H2,1-3H3,(H2,13,17,18). The minimum atomic E-state index is -3.88. The zero-order chi connectivity index (χ0) is 14.8. The molecule has 0 unspecified atom stereocenters. The first-order valence-corrected chi connectivity index (χ1v) is 7.01. The fraction of sp³-hybridized carbons (Fsp3) is 0.364. The second-order valence-electron chi connectivity index (χ2n) is 4.38. The van der Waals surface area contributed by atoms with E-state index < -0.39 is 10.0 Å². The number of nitrogens with two attached hydrogens (primary N) is 2. The van der Waals surface area contributed by atoms with Gasteiger partial charge in [0.2, 0.25) is 15.9 Å². The van der Waals surface area contributed by atoms with Gasteiger partial charge in [0.25, 0.3) is 0 Å². The second-order valence-corrected chi connectivity index (χ2v) is 5.91. The highest BCUT2D eigenvalue weighted by molar-refractivity contribution is 7.89. The average molecular weight is 286 g/mol. The number of benzene rings is 1. The third kappa shape index (κ3) is 3.58. The summed E-state index contributed by atoms with van der Waals surface area (Å²) in [6, 6.07) is 4.49. The third-order valence-electron chi connectivity index (χ3n) is 2.63. The van der Waals surface area contributed by atoms with Gasteiger partial charge in [0, 0.05) is 21.1 Å². The van der Waals surface area contributed by atoms with E-state index in [-0.39, 0.29) is 23.0 Å². The SMILES string of the molecule is CN(C)C(=O)CN(C)c1cccc(S(N)(=O)=O)c1N. The summed E-state index contributed by atoms with van der Waals surface area (Å²) in [5.41, 5.74) is 6.28. The van der Waals surface area contributed by atoms with Gasteiger partial charge in [-0.25, -0.2) is 13.6 Å². The molecule has 0 aliphatic heterocycles. The van der Waals surface area contributed by atoms with E-state index in [9.17, 15) is 13.2 Å². The molecule has 7 nitrogen and oxygen atoms in total. The second kappa shape index (κ2) is 5.45. The molecule has 0 radical (unpaired) electrons. The lowest BCUT2D eigenvalue weighted by molar-refractivity contribution is -0.127. The van der Waals surface area contributed by atoms with Crippen LogP contribution in [-0.4, -0.2) is 46.9 Å². The average Bonchev–Trinajstić information content (AvgIpc) is 2.27. The highest BCUT2D eigenvalue weighted by atomic mass is 32.2. The number of amides is 1. The quantitative estimate of drug-likeness (QED) is 0.721. The number of sulfonamides is 1. The molecule has 1 rings (SSSR count). The molecule has 8 heteroatoms. The van der Waals surface area contributed by atoms with Crippen molar-refractivity contribution in [1.29, 1.82) is 0 Å². The fourth-order valence-corrected chi connectivity index (χ4v) is 2.22. The van der Waals surface area contributed by atoms with Crippen molar-refractivity contribution < 1.29 is 13.2 Å². The highest BCUT2D eigenvalue weighted by Gasteiger charge is 2.18. The molecule has 1 amide bonds. The van der Waals surface area contributed by atoms with Crippen molar-refractivity contribution in [1.82, 2.24) is 4.90 Å². The van der Waals surface area contributed by atoms with Gasteiger partial charge < -0.3 is 15.5 Å². The molecule has 19 heavy (non-hydrogen) atoms.